The topological polar surface area (TPSA) is 52.6 Å². The molecule has 4 nitrogen and oxygen atoms in total. The normalized spacial score (nSPS) is 16.1. The summed E-state index contributed by atoms with van der Waals surface area (Å²) in [6.07, 6.45) is 18.1. The summed E-state index contributed by atoms with van der Waals surface area (Å²) < 4.78 is 0. The van der Waals surface area contributed by atoms with Crippen molar-refractivity contribution < 1.29 is 9.90 Å². The first-order chi connectivity index (χ1) is 16.2. The fraction of sp³-hybridized carbons (Fsp3) is 0.759. The Balaban J connectivity index is 1.43. The lowest BCUT2D eigenvalue weighted by Gasteiger charge is -2.18. The third kappa shape index (κ3) is 13.8. The lowest BCUT2D eigenvalue weighted by Crippen LogP contribution is -2.37. The lowest BCUT2D eigenvalue weighted by atomic mass is 9.89. The molecule has 0 radical (unpaired) electrons. The highest BCUT2D eigenvalue weighted by Crippen LogP contribution is 2.22. The van der Waals surface area contributed by atoms with Crippen LogP contribution in [-0.4, -0.2) is 41.8 Å². The first-order valence-electron chi connectivity index (χ1n) is 13.9. The van der Waals surface area contributed by atoms with Gasteiger partial charge in [-0.05, 0) is 50.3 Å². The van der Waals surface area contributed by atoms with Gasteiger partial charge in [0, 0.05) is 19.4 Å². The number of nitrogens with one attached hydrogen (secondary N) is 1. The number of carbonyl (C=O) groups excluding carboxylic acids is 1. The number of nitrogens with zero attached hydrogens (tertiary/aromatic N) is 1. The van der Waals surface area contributed by atoms with Crippen LogP contribution in [0.2, 0.25) is 0 Å². The van der Waals surface area contributed by atoms with Crippen LogP contribution in [0.5, 0.6) is 0 Å². The maximum Gasteiger partial charge on any atom is 0.221 e. The highest BCUT2D eigenvalue weighted by Gasteiger charge is 2.14. The Kier molecular flexibility index (Phi) is 15.2. The molecule has 2 unspecified atom stereocenters. The number of aliphatic hydroxyl groups excluding tert-OH is 1. The number of likely N-dealkylation sites (tertiary alicyclic amines) is 1. The van der Waals surface area contributed by atoms with Crippen LogP contribution >= 0.6 is 0 Å². The van der Waals surface area contributed by atoms with Crippen molar-refractivity contribution in [3.8, 4) is 0 Å². The molecule has 1 heterocycles. The molecule has 0 aromatic heterocycles. The Bertz CT molecular complexity index is 601. The molecule has 33 heavy (non-hydrogen) atoms. The molecule has 2 rings (SSSR count). The van der Waals surface area contributed by atoms with Crippen LogP contribution in [0.15, 0.2) is 30.3 Å². The van der Waals surface area contributed by atoms with Gasteiger partial charge in [-0.15, -0.1) is 0 Å². The minimum absolute atomic E-state index is 0.000425. The zero-order valence-electron chi connectivity index (χ0n) is 21.3. The molecule has 1 saturated heterocycles. The van der Waals surface area contributed by atoms with Crippen LogP contribution in [0.25, 0.3) is 0 Å². The summed E-state index contributed by atoms with van der Waals surface area (Å²) in [5.74, 6) is 0.831. The van der Waals surface area contributed by atoms with Gasteiger partial charge in [-0.1, -0.05) is 101 Å². The Labute approximate surface area is 203 Å². The summed E-state index contributed by atoms with van der Waals surface area (Å²) in [6, 6.07) is 11.0. The van der Waals surface area contributed by atoms with Crippen LogP contribution in [0.4, 0.5) is 0 Å². The van der Waals surface area contributed by atoms with Gasteiger partial charge in [0.05, 0.1) is 0 Å². The van der Waals surface area contributed by atoms with E-state index in [1.54, 1.807) is 0 Å². The van der Waals surface area contributed by atoms with Crippen LogP contribution in [0, 0.1) is 5.92 Å². The number of hydrogen-bond acceptors (Lipinski definition) is 3. The van der Waals surface area contributed by atoms with Crippen molar-refractivity contribution in [2.75, 3.05) is 19.6 Å². The number of aliphatic hydroxyl groups is 1. The summed E-state index contributed by atoms with van der Waals surface area (Å²) in [5, 5.41) is 12.8. The van der Waals surface area contributed by atoms with Gasteiger partial charge in [0.15, 0.2) is 0 Å². The van der Waals surface area contributed by atoms with E-state index in [2.05, 4.69) is 47.5 Å². The summed E-state index contributed by atoms with van der Waals surface area (Å²) in [6.45, 7) is 5.44. The van der Waals surface area contributed by atoms with Gasteiger partial charge in [0.25, 0.3) is 0 Å². The molecule has 4 heteroatoms. The van der Waals surface area contributed by atoms with Crippen molar-refractivity contribution in [2.45, 2.75) is 116 Å². The molecule has 2 atom stereocenters. The highest BCUT2D eigenvalue weighted by molar-refractivity contribution is 5.75. The predicted molar refractivity (Wildman–Crippen MR) is 139 cm³/mol. The zero-order chi connectivity index (χ0) is 23.6. The first-order valence-corrected chi connectivity index (χ1v) is 13.9. The van der Waals surface area contributed by atoms with Gasteiger partial charge in [-0.2, -0.15) is 0 Å². The minimum atomic E-state index is -0.693. The number of amides is 1. The molecular weight excluding hydrogens is 408 g/mol. The van der Waals surface area contributed by atoms with Gasteiger partial charge < -0.3 is 15.3 Å². The molecule has 0 bridgehead atoms. The maximum absolute atomic E-state index is 12.0. The Morgan fingerprint density at radius 2 is 1.55 bits per heavy atom. The molecule has 0 aliphatic carbocycles. The van der Waals surface area contributed by atoms with Crippen molar-refractivity contribution in [1.82, 2.24) is 10.2 Å². The molecule has 0 spiro atoms. The Morgan fingerprint density at radius 1 is 0.909 bits per heavy atom. The van der Waals surface area contributed by atoms with Crippen molar-refractivity contribution in [3.63, 3.8) is 0 Å². The molecule has 1 aliphatic heterocycles. The average molecular weight is 459 g/mol. The monoisotopic (exact) mass is 458 g/mol. The zero-order valence-corrected chi connectivity index (χ0v) is 21.3. The van der Waals surface area contributed by atoms with Gasteiger partial charge in [0.1, 0.15) is 6.23 Å². The fourth-order valence-electron chi connectivity index (χ4n) is 5.03. The molecule has 1 fully saturated rings. The van der Waals surface area contributed by atoms with E-state index < -0.39 is 6.23 Å². The lowest BCUT2D eigenvalue weighted by molar-refractivity contribution is -0.124. The maximum atomic E-state index is 12.0. The third-order valence-electron chi connectivity index (χ3n) is 7.09. The molecular formula is C29H50N2O2. The Hall–Kier alpha value is -1.39. The molecule has 188 valence electrons. The van der Waals surface area contributed by atoms with Gasteiger partial charge in [-0.3, -0.25) is 4.79 Å². The molecule has 2 N–H and O–H groups in total. The van der Waals surface area contributed by atoms with Crippen molar-refractivity contribution in [1.29, 1.82) is 0 Å². The van der Waals surface area contributed by atoms with E-state index in [4.69, 9.17) is 0 Å². The van der Waals surface area contributed by atoms with E-state index in [0.717, 1.165) is 38.4 Å². The largest absolute Gasteiger partial charge is 0.374 e. The predicted octanol–water partition coefficient (Wildman–Crippen LogP) is 6.47. The summed E-state index contributed by atoms with van der Waals surface area (Å²) >= 11 is 0. The number of unbranched alkanes of at least 4 members (excludes halogenated alkanes) is 7. The van der Waals surface area contributed by atoms with Crippen LogP contribution in [-0.2, 0) is 11.2 Å². The molecule has 1 aromatic rings. The highest BCUT2D eigenvalue weighted by atomic mass is 16.3. The summed E-state index contributed by atoms with van der Waals surface area (Å²) in [7, 11) is 0. The van der Waals surface area contributed by atoms with E-state index in [-0.39, 0.29) is 5.91 Å². The quantitative estimate of drug-likeness (QED) is 0.185. The van der Waals surface area contributed by atoms with Crippen molar-refractivity contribution in [2.24, 2.45) is 5.92 Å². The average Bonchev–Trinajstić information content (AvgIpc) is 3.34. The SMILES string of the molecule is CCCCC(CCCCCCCCCC(=O)NC(O)CCN1CCCC1)Cc1ccccc1. The van der Waals surface area contributed by atoms with Crippen LogP contribution in [0.1, 0.15) is 109 Å². The summed E-state index contributed by atoms with van der Waals surface area (Å²) in [5.41, 5.74) is 1.49. The van der Waals surface area contributed by atoms with Crippen LogP contribution < -0.4 is 5.32 Å². The number of hydrogen-bond donors (Lipinski definition) is 2. The smallest absolute Gasteiger partial charge is 0.221 e. The second-order valence-corrected chi connectivity index (χ2v) is 10.1. The van der Waals surface area contributed by atoms with E-state index in [0.29, 0.717) is 12.8 Å². The van der Waals surface area contributed by atoms with Gasteiger partial charge >= 0.3 is 0 Å². The van der Waals surface area contributed by atoms with E-state index >= 15 is 0 Å². The van der Waals surface area contributed by atoms with Crippen molar-refractivity contribution in [3.05, 3.63) is 35.9 Å². The first kappa shape index (κ1) is 27.9. The number of benzene rings is 1. The van der Waals surface area contributed by atoms with Crippen molar-refractivity contribution >= 4 is 5.91 Å². The molecule has 0 saturated carbocycles. The van der Waals surface area contributed by atoms with Gasteiger partial charge in [-0.25, -0.2) is 0 Å². The molecule has 1 amide bonds. The second kappa shape index (κ2) is 18.0. The number of rotatable bonds is 19. The second-order valence-electron chi connectivity index (χ2n) is 10.1. The van der Waals surface area contributed by atoms with E-state index in [1.807, 2.05) is 0 Å². The third-order valence-corrected chi connectivity index (χ3v) is 7.09. The van der Waals surface area contributed by atoms with E-state index in [1.165, 1.54) is 82.6 Å². The molecule has 1 aliphatic rings. The number of carbonyl (C=O) groups is 1. The standard InChI is InChI=1S/C29H50N2O2/c1-2-3-16-26(25-27-18-11-9-12-19-27)17-10-7-5-4-6-8-13-20-28(32)30-29(33)21-24-31-22-14-15-23-31/h9,11-12,18-19,26,29,33H,2-8,10,13-17,20-25H2,1H3,(H,30,32). The van der Waals surface area contributed by atoms with E-state index in [9.17, 15) is 9.90 Å². The molecule has 1 aromatic carbocycles. The van der Waals surface area contributed by atoms with Gasteiger partial charge in [0.2, 0.25) is 5.91 Å². The summed E-state index contributed by atoms with van der Waals surface area (Å²) in [4.78, 5) is 14.4. The fourth-order valence-corrected chi connectivity index (χ4v) is 5.03. The van der Waals surface area contributed by atoms with Crippen LogP contribution in [0.3, 0.4) is 0 Å². The minimum Gasteiger partial charge on any atom is -0.374 e. The Morgan fingerprint density at radius 3 is 2.24 bits per heavy atom.